The van der Waals surface area contributed by atoms with Crippen molar-refractivity contribution in [1.82, 2.24) is 15.1 Å². The minimum absolute atomic E-state index is 0.0550. The second-order valence-electron chi connectivity index (χ2n) is 4.09. The van der Waals surface area contributed by atoms with Gasteiger partial charge < -0.3 is 20.6 Å². The lowest BCUT2D eigenvalue weighted by atomic mass is 10.2. The zero-order chi connectivity index (χ0) is 12.4. The first-order valence-corrected chi connectivity index (χ1v) is 5.41. The van der Waals surface area contributed by atoms with Gasteiger partial charge in [-0.25, -0.2) is 4.79 Å². The summed E-state index contributed by atoms with van der Waals surface area (Å²) < 4.78 is 0. The summed E-state index contributed by atoms with van der Waals surface area (Å²) in [6.07, 6.45) is -0.874. The van der Waals surface area contributed by atoms with E-state index in [-0.39, 0.29) is 6.04 Å². The van der Waals surface area contributed by atoms with E-state index in [1.165, 1.54) is 4.90 Å². The van der Waals surface area contributed by atoms with E-state index in [2.05, 4.69) is 10.2 Å². The molecule has 1 amide bonds. The lowest BCUT2D eigenvalue weighted by Gasteiger charge is -2.38. The second kappa shape index (κ2) is 4.44. The van der Waals surface area contributed by atoms with Crippen LogP contribution in [0.5, 0.6) is 0 Å². The van der Waals surface area contributed by atoms with E-state index < -0.39 is 6.09 Å². The molecule has 0 radical (unpaired) electrons. The van der Waals surface area contributed by atoms with Gasteiger partial charge in [0, 0.05) is 25.7 Å². The predicted molar refractivity (Wildman–Crippen MR) is 62.9 cm³/mol. The minimum atomic E-state index is -0.874. The SMILES string of the molecule is C[C@H]1CN(c2ccc(N)nn2)CCN1C(=O)O. The van der Waals surface area contributed by atoms with Crippen molar-refractivity contribution in [2.75, 3.05) is 30.3 Å². The molecule has 0 aromatic carbocycles. The molecule has 0 bridgehead atoms. The molecule has 1 atom stereocenters. The standard InChI is InChI=1S/C10H15N5O2/c1-7-6-14(4-5-15(7)10(16)17)9-3-2-8(11)12-13-9/h2-3,7H,4-6H2,1H3,(H2,11,12)(H,16,17)/t7-/m0/s1. The summed E-state index contributed by atoms with van der Waals surface area (Å²) in [6.45, 7) is 3.59. The summed E-state index contributed by atoms with van der Waals surface area (Å²) in [7, 11) is 0. The highest BCUT2D eigenvalue weighted by atomic mass is 16.4. The Morgan fingerprint density at radius 1 is 1.47 bits per heavy atom. The maximum Gasteiger partial charge on any atom is 0.407 e. The number of amides is 1. The predicted octanol–water partition coefficient (Wildman–Crippen LogP) is 0.247. The maximum atomic E-state index is 10.9. The third-order valence-electron chi connectivity index (χ3n) is 2.87. The van der Waals surface area contributed by atoms with Gasteiger partial charge in [0.1, 0.15) is 5.82 Å². The van der Waals surface area contributed by atoms with Gasteiger partial charge in [-0.15, -0.1) is 10.2 Å². The van der Waals surface area contributed by atoms with Crippen molar-refractivity contribution < 1.29 is 9.90 Å². The Labute approximate surface area is 98.8 Å². The zero-order valence-corrected chi connectivity index (χ0v) is 9.58. The number of nitrogen functional groups attached to an aromatic ring is 1. The number of hydrogen-bond acceptors (Lipinski definition) is 5. The molecule has 1 fully saturated rings. The van der Waals surface area contributed by atoms with Crippen LogP contribution in [0.25, 0.3) is 0 Å². The zero-order valence-electron chi connectivity index (χ0n) is 9.58. The van der Waals surface area contributed by atoms with E-state index in [1.807, 2.05) is 11.8 Å². The van der Waals surface area contributed by atoms with E-state index in [4.69, 9.17) is 10.8 Å². The highest BCUT2D eigenvalue weighted by molar-refractivity contribution is 5.66. The van der Waals surface area contributed by atoms with E-state index in [1.54, 1.807) is 12.1 Å². The molecule has 7 nitrogen and oxygen atoms in total. The fourth-order valence-electron chi connectivity index (χ4n) is 1.95. The summed E-state index contributed by atoms with van der Waals surface area (Å²) in [5, 5.41) is 16.7. The third kappa shape index (κ3) is 2.38. The molecule has 92 valence electrons. The summed E-state index contributed by atoms with van der Waals surface area (Å²) in [6, 6.07) is 3.43. The van der Waals surface area contributed by atoms with Crippen LogP contribution in [0, 0.1) is 0 Å². The van der Waals surface area contributed by atoms with Crippen LogP contribution in [0.1, 0.15) is 6.92 Å². The Hall–Kier alpha value is -2.05. The van der Waals surface area contributed by atoms with Crippen LogP contribution in [0.15, 0.2) is 12.1 Å². The molecule has 0 spiro atoms. The van der Waals surface area contributed by atoms with Crippen molar-refractivity contribution >= 4 is 17.7 Å². The van der Waals surface area contributed by atoms with Gasteiger partial charge in [-0.05, 0) is 19.1 Å². The summed E-state index contributed by atoms with van der Waals surface area (Å²) in [4.78, 5) is 14.4. The van der Waals surface area contributed by atoms with Gasteiger partial charge in [0.25, 0.3) is 0 Å². The van der Waals surface area contributed by atoms with Gasteiger partial charge in [0.05, 0.1) is 0 Å². The lowest BCUT2D eigenvalue weighted by molar-refractivity contribution is 0.122. The maximum absolute atomic E-state index is 10.9. The van der Waals surface area contributed by atoms with Crippen LogP contribution < -0.4 is 10.6 Å². The van der Waals surface area contributed by atoms with E-state index >= 15 is 0 Å². The normalized spacial score (nSPS) is 20.4. The van der Waals surface area contributed by atoms with Crippen LogP contribution in [0.2, 0.25) is 0 Å². The molecule has 7 heteroatoms. The fraction of sp³-hybridized carbons (Fsp3) is 0.500. The first kappa shape index (κ1) is 11.4. The molecule has 1 aliphatic rings. The summed E-state index contributed by atoms with van der Waals surface area (Å²) >= 11 is 0. The second-order valence-corrected chi connectivity index (χ2v) is 4.09. The smallest absolute Gasteiger partial charge is 0.407 e. The van der Waals surface area contributed by atoms with Gasteiger partial charge in [0.15, 0.2) is 5.82 Å². The highest BCUT2D eigenvalue weighted by Crippen LogP contribution is 2.16. The molecule has 0 saturated carbocycles. The number of rotatable bonds is 1. The largest absolute Gasteiger partial charge is 0.465 e. The van der Waals surface area contributed by atoms with Crippen LogP contribution in [0.4, 0.5) is 16.4 Å². The Morgan fingerprint density at radius 2 is 2.24 bits per heavy atom. The third-order valence-corrected chi connectivity index (χ3v) is 2.87. The molecule has 2 heterocycles. The first-order chi connectivity index (χ1) is 8.08. The number of aromatic nitrogens is 2. The number of nitrogens with two attached hydrogens (primary N) is 1. The van der Waals surface area contributed by atoms with Gasteiger partial charge in [-0.3, -0.25) is 0 Å². The molecule has 17 heavy (non-hydrogen) atoms. The van der Waals surface area contributed by atoms with Crippen molar-refractivity contribution in [2.24, 2.45) is 0 Å². The van der Waals surface area contributed by atoms with E-state index in [0.717, 1.165) is 5.82 Å². The van der Waals surface area contributed by atoms with E-state index in [9.17, 15) is 4.79 Å². The average Bonchev–Trinajstić information content (AvgIpc) is 2.29. The van der Waals surface area contributed by atoms with Crippen LogP contribution >= 0.6 is 0 Å². The van der Waals surface area contributed by atoms with Crippen molar-refractivity contribution in [3.63, 3.8) is 0 Å². The average molecular weight is 237 g/mol. The first-order valence-electron chi connectivity index (χ1n) is 5.41. The quantitative estimate of drug-likeness (QED) is 0.726. The molecule has 1 aromatic heterocycles. The molecule has 0 unspecified atom stereocenters. The Kier molecular flexibility index (Phi) is 2.99. The van der Waals surface area contributed by atoms with Crippen molar-refractivity contribution in [3.05, 3.63) is 12.1 Å². The molecule has 1 aliphatic heterocycles. The number of piperazine rings is 1. The minimum Gasteiger partial charge on any atom is -0.465 e. The number of carboxylic acid groups (broad SMARTS) is 1. The number of nitrogens with zero attached hydrogens (tertiary/aromatic N) is 4. The molecule has 2 rings (SSSR count). The Balaban J connectivity index is 2.06. The molecule has 3 N–H and O–H groups in total. The topological polar surface area (TPSA) is 95.6 Å². The van der Waals surface area contributed by atoms with Gasteiger partial charge >= 0.3 is 6.09 Å². The summed E-state index contributed by atoms with van der Waals surface area (Å²) in [5.74, 6) is 1.11. The summed E-state index contributed by atoms with van der Waals surface area (Å²) in [5.41, 5.74) is 5.47. The van der Waals surface area contributed by atoms with Gasteiger partial charge in [-0.2, -0.15) is 0 Å². The van der Waals surface area contributed by atoms with Gasteiger partial charge in [-0.1, -0.05) is 0 Å². The Bertz CT molecular complexity index is 408. The monoisotopic (exact) mass is 237 g/mol. The van der Waals surface area contributed by atoms with E-state index in [0.29, 0.717) is 25.5 Å². The highest BCUT2D eigenvalue weighted by Gasteiger charge is 2.27. The van der Waals surface area contributed by atoms with Crippen LogP contribution in [0.3, 0.4) is 0 Å². The molecule has 0 aliphatic carbocycles. The van der Waals surface area contributed by atoms with Gasteiger partial charge in [0.2, 0.25) is 0 Å². The number of anilines is 2. The van der Waals surface area contributed by atoms with Crippen LogP contribution in [-0.4, -0.2) is 52.0 Å². The van der Waals surface area contributed by atoms with Crippen molar-refractivity contribution in [3.8, 4) is 0 Å². The van der Waals surface area contributed by atoms with Crippen LogP contribution in [-0.2, 0) is 0 Å². The fourth-order valence-corrected chi connectivity index (χ4v) is 1.95. The number of carbonyl (C=O) groups is 1. The molecule has 1 aromatic rings. The molecule has 1 saturated heterocycles. The number of hydrogen-bond donors (Lipinski definition) is 2. The Morgan fingerprint density at radius 3 is 2.76 bits per heavy atom. The molecular formula is C10H15N5O2. The van der Waals surface area contributed by atoms with Crippen molar-refractivity contribution in [1.29, 1.82) is 0 Å². The molecular weight excluding hydrogens is 222 g/mol. The van der Waals surface area contributed by atoms with Crippen molar-refractivity contribution in [2.45, 2.75) is 13.0 Å². The lowest BCUT2D eigenvalue weighted by Crippen LogP contribution is -2.54.